The third-order valence-electron chi connectivity index (χ3n) is 6.92. The normalized spacial score (nSPS) is 17.8. The summed E-state index contributed by atoms with van der Waals surface area (Å²) in [5.41, 5.74) is -0.0474. The summed E-state index contributed by atoms with van der Waals surface area (Å²) in [5, 5.41) is 12.6. The van der Waals surface area contributed by atoms with Crippen LogP contribution in [0, 0.1) is 0 Å². The van der Waals surface area contributed by atoms with Crippen molar-refractivity contribution in [2.24, 2.45) is 4.99 Å². The number of aliphatic hydroxyl groups excluding tert-OH is 1. The molecule has 0 radical (unpaired) electrons. The summed E-state index contributed by atoms with van der Waals surface area (Å²) in [6.07, 6.45) is -0.391. The van der Waals surface area contributed by atoms with E-state index in [2.05, 4.69) is 5.32 Å². The van der Waals surface area contributed by atoms with Crippen LogP contribution in [0.1, 0.15) is 62.8 Å². The van der Waals surface area contributed by atoms with Crippen LogP contribution in [0.15, 0.2) is 77.8 Å². The smallest absolute Gasteiger partial charge is 0.306 e. The number of esters is 1. The van der Waals surface area contributed by atoms with E-state index in [9.17, 15) is 9.59 Å². The van der Waals surface area contributed by atoms with Crippen molar-refractivity contribution in [2.75, 3.05) is 20.3 Å². The highest BCUT2D eigenvalue weighted by Crippen LogP contribution is 2.44. The Kier molecular flexibility index (Phi) is 10.9. The summed E-state index contributed by atoms with van der Waals surface area (Å²) in [4.78, 5) is 32.1. The highest BCUT2D eigenvalue weighted by atomic mass is 35.5. The molecule has 0 spiro atoms. The summed E-state index contributed by atoms with van der Waals surface area (Å²) in [7, 11) is 1.56. The molecule has 4 rings (SSSR count). The summed E-state index contributed by atoms with van der Waals surface area (Å²) >= 11 is 6.05. The second-order valence-corrected chi connectivity index (χ2v) is 11.9. The summed E-state index contributed by atoms with van der Waals surface area (Å²) in [6, 6.07) is 21.6. The molecule has 0 bridgehead atoms. The molecule has 2 N–H and O–H groups in total. The maximum absolute atomic E-state index is 14.3. The van der Waals surface area contributed by atoms with Crippen LogP contribution in [0.25, 0.3) is 0 Å². The quantitative estimate of drug-likeness (QED) is 0.183. The number of methoxy groups -OCH3 is 1. The standard InChI is InChI=1S/C34H39ClN2O7/c1-33(2,3)44-29(39)17-18-34(32(40)36-22-23-9-13-26(35)14-10-23)30(25-7-5-8-28(21-25)41-4)43-31(37-34)24-11-15-27(16-12-24)42-20-6-19-38/h5,7-16,21,30,38H,6,17-20,22H2,1-4H3,(H,36,40)/t30-,34-/m1/s1. The van der Waals surface area contributed by atoms with E-state index in [1.165, 1.54) is 0 Å². The van der Waals surface area contributed by atoms with Gasteiger partial charge in [0.1, 0.15) is 17.1 Å². The van der Waals surface area contributed by atoms with Crippen molar-refractivity contribution in [3.8, 4) is 11.5 Å². The number of hydrogen-bond acceptors (Lipinski definition) is 8. The lowest BCUT2D eigenvalue weighted by molar-refractivity contribution is -0.155. The molecule has 234 valence electrons. The van der Waals surface area contributed by atoms with Crippen LogP contribution in [0.3, 0.4) is 0 Å². The average Bonchev–Trinajstić information content (AvgIpc) is 3.40. The third kappa shape index (κ3) is 8.51. The van der Waals surface area contributed by atoms with E-state index in [0.717, 1.165) is 5.56 Å². The van der Waals surface area contributed by atoms with Crippen LogP contribution in [0.5, 0.6) is 11.5 Å². The molecule has 1 aliphatic heterocycles. The molecule has 2 atom stereocenters. The third-order valence-corrected chi connectivity index (χ3v) is 7.18. The highest BCUT2D eigenvalue weighted by molar-refractivity contribution is 6.30. The van der Waals surface area contributed by atoms with Crippen molar-refractivity contribution >= 4 is 29.4 Å². The predicted molar refractivity (Wildman–Crippen MR) is 168 cm³/mol. The van der Waals surface area contributed by atoms with Crippen molar-refractivity contribution in [3.05, 3.63) is 94.5 Å². The van der Waals surface area contributed by atoms with E-state index in [-0.39, 0.29) is 31.9 Å². The van der Waals surface area contributed by atoms with E-state index in [1.807, 2.05) is 24.3 Å². The molecule has 1 aliphatic rings. The van der Waals surface area contributed by atoms with Crippen LogP contribution in [0.2, 0.25) is 5.02 Å². The van der Waals surface area contributed by atoms with Gasteiger partial charge in [-0.25, -0.2) is 4.99 Å². The SMILES string of the molecule is COc1cccc([C@H]2OC(c3ccc(OCCCO)cc3)=N[C@@]2(CCC(=O)OC(C)(C)C)C(=O)NCc2ccc(Cl)cc2)c1. The first-order valence-corrected chi connectivity index (χ1v) is 14.9. The van der Waals surface area contributed by atoms with Gasteiger partial charge in [-0.2, -0.15) is 0 Å². The fourth-order valence-electron chi connectivity index (χ4n) is 4.80. The fraction of sp³-hybridized carbons (Fsp3) is 0.382. The molecule has 0 saturated carbocycles. The predicted octanol–water partition coefficient (Wildman–Crippen LogP) is 5.81. The van der Waals surface area contributed by atoms with E-state index in [4.69, 9.17) is 40.6 Å². The van der Waals surface area contributed by atoms with Gasteiger partial charge in [-0.05, 0) is 86.8 Å². The van der Waals surface area contributed by atoms with Gasteiger partial charge in [0, 0.05) is 36.6 Å². The fourth-order valence-corrected chi connectivity index (χ4v) is 4.92. The molecule has 1 amide bonds. The van der Waals surface area contributed by atoms with E-state index >= 15 is 0 Å². The number of benzene rings is 3. The van der Waals surface area contributed by atoms with Crippen LogP contribution in [-0.2, 0) is 25.6 Å². The lowest BCUT2D eigenvalue weighted by atomic mass is 9.83. The minimum atomic E-state index is -1.51. The largest absolute Gasteiger partial charge is 0.497 e. The van der Waals surface area contributed by atoms with Crippen LogP contribution >= 0.6 is 11.6 Å². The van der Waals surface area contributed by atoms with Crippen LogP contribution in [0.4, 0.5) is 0 Å². The van der Waals surface area contributed by atoms with E-state index in [1.54, 1.807) is 76.4 Å². The van der Waals surface area contributed by atoms with Crippen molar-refractivity contribution < 1.29 is 33.6 Å². The number of amides is 1. The van der Waals surface area contributed by atoms with E-state index in [0.29, 0.717) is 40.7 Å². The van der Waals surface area contributed by atoms with Gasteiger partial charge in [0.2, 0.25) is 5.90 Å². The van der Waals surface area contributed by atoms with Gasteiger partial charge in [-0.1, -0.05) is 35.9 Å². The maximum Gasteiger partial charge on any atom is 0.306 e. The molecule has 10 heteroatoms. The number of rotatable bonds is 13. The number of aliphatic hydroxyl groups is 1. The highest BCUT2D eigenvalue weighted by Gasteiger charge is 2.53. The number of carbonyl (C=O) groups excluding carboxylic acids is 2. The second kappa shape index (κ2) is 14.6. The monoisotopic (exact) mass is 622 g/mol. The Morgan fingerprint density at radius 2 is 1.77 bits per heavy atom. The Bertz CT molecular complexity index is 1450. The van der Waals surface area contributed by atoms with Gasteiger partial charge in [-0.3, -0.25) is 9.59 Å². The molecule has 1 heterocycles. The van der Waals surface area contributed by atoms with Gasteiger partial charge < -0.3 is 29.4 Å². The zero-order chi connectivity index (χ0) is 31.7. The topological polar surface area (TPSA) is 116 Å². The lowest BCUT2D eigenvalue weighted by Crippen LogP contribution is -2.48. The Labute approximate surface area is 263 Å². The molecule has 0 unspecified atom stereocenters. The first-order valence-electron chi connectivity index (χ1n) is 14.5. The molecule has 0 aromatic heterocycles. The molecular formula is C34H39ClN2O7. The molecule has 9 nitrogen and oxygen atoms in total. The molecular weight excluding hydrogens is 584 g/mol. The van der Waals surface area contributed by atoms with Gasteiger partial charge in [0.15, 0.2) is 11.6 Å². The Hall–Kier alpha value is -4.08. The van der Waals surface area contributed by atoms with Gasteiger partial charge in [0.25, 0.3) is 5.91 Å². The lowest BCUT2D eigenvalue weighted by Gasteiger charge is -2.31. The van der Waals surface area contributed by atoms with E-state index < -0.39 is 29.1 Å². The molecule has 0 fully saturated rings. The first-order chi connectivity index (χ1) is 21.0. The number of nitrogens with one attached hydrogen (secondary N) is 1. The molecule has 0 aliphatic carbocycles. The summed E-state index contributed by atoms with van der Waals surface area (Å²) in [5.74, 6) is 0.627. The number of ether oxygens (including phenoxy) is 4. The Balaban J connectivity index is 1.73. The number of nitrogens with zero attached hydrogens (tertiary/aromatic N) is 1. The Morgan fingerprint density at radius 1 is 1.05 bits per heavy atom. The number of aliphatic imine (C=N–C) groups is 1. The van der Waals surface area contributed by atoms with Crippen molar-refractivity contribution in [1.82, 2.24) is 5.32 Å². The van der Waals surface area contributed by atoms with Crippen molar-refractivity contribution in [1.29, 1.82) is 0 Å². The molecule has 0 saturated heterocycles. The van der Waals surface area contributed by atoms with Crippen molar-refractivity contribution in [2.45, 2.75) is 63.8 Å². The first kappa shape index (κ1) is 32.8. The Morgan fingerprint density at radius 3 is 2.43 bits per heavy atom. The summed E-state index contributed by atoms with van der Waals surface area (Å²) < 4.78 is 23.2. The minimum Gasteiger partial charge on any atom is -0.497 e. The zero-order valence-electron chi connectivity index (χ0n) is 25.5. The van der Waals surface area contributed by atoms with Gasteiger partial charge in [0.05, 0.1) is 13.7 Å². The minimum absolute atomic E-state index is 0.0299. The second-order valence-electron chi connectivity index (χ2n) is 11.5. The van der Waals surface area contributed by atoms with Crippen molar-refractivity contribution in [3.63, 3.8) is 0 Å². The molecule has 3 aromatic rings. The number of carbonyl (C=O) groups is 2. The van der Waals surface area contributed by atoms with Gasteiger partial charge >= 0.3 is 5.97 Å². The summed E-state index contributed by atoms with van der Waals surface area (Å²) in [6.45, 7) is 6.03. The van der Waals surface area contributed by atoms with Crippen LogP contribution in [-0.4, -0.2) is 54.3 Å². The average molecular weight is 623 g/mol. The van der Waals surface area contributed by atoms with Crippen LogP contribution < -0.4 is 14.8 Å². The molecule has 3 aromatic carbocycles. The maximum atomic E-state index is 14.3. The molecule has 44 heavy (non-hydrogen) atoms. The zero-order valence-corrected chi connectivity index (χ0v) is 26.2. The van der Waals surface area contributed by atoms with Gasteiger partial charge in [-0.15, -0.1) is 0 Å². The number of hydrogen-bond donors (Lipinski definition) is 2. The number of halogens is 1.